The Morgan fingerprint density at radius 3 is 2.70 bits per heavy atom. The Morgan fingerprint density at radius 2 is 2.06 bits per heavy atom. The number of halogens is 1. The van der Waals surface area contributed by atoms with Gasteiger partial charge in [-0.3, -0.25) is 4.79 Å². The topological polar surface area (TPSA) is 56.6 Å². The van der Waals surface area contributed by atoms with Crippen LogP contribution < -0.4 is 4.74 Å². The summed E-state index contributed by atoms with van der Waals surface area (Å²) in [4.78, 5) is 14.3. The molecule has 1 atom stereocenters. The van der Waals surface area contributed by atoms with E-state index >= 15 is 0 Å². The third-order valence-corrected chi connectivity index (χ3v) is 5.87. The van der Waals surface area contributed by atoms with Crippen LogP contribution in [0.15, 0.2) is 48.5 Å². The molecular formula is C26H30FN3O3. The first kappa shape index (κ1) is 23.0. The number of hydrogen-bond donors (Lipinski definition) is 0. The predicted octanol–water partition coefficient (Wildman–Crippen LogP) is 5.20. The highest BCUT2D eigenvalue weighted by Gasteiger charge is 2.26. The Hall–Kier alpha value is -3.19. The second-order valence-electron chi connectivity index (χ2n) is 8.43. The molecule has 6 nitrogen and oxygen atoms in total. The van der Waals surface area contributed by atoms with Crippen LogP contribution in [0.4, 0.5) is 4.39 Å². The number of aromatic nitrogens is 2. The Labute approximate surface area is 193 Å². The lowest BCUT2D eigenvalue weighted by Crippen LogP contribution is -2.35. The molecule has 174 valence electrons. The van der Waals surface area contributed by atoms with E-state index in [1.807, 2.05) is 38.1 Å². The van der Waals surface area contributed by atoms with Crippen LogP contribution in [0.5, 0.6) is 11.6 Å². The fraction of sp³-hybridized carbons (Fsp3) is 0.385. The van der Waals surface area contributed by atoms with E-state index in [9.17, 15) is 9.18 Å². The lowest BCUT2D eigenvalue weighted by atomic mass is 10.1. The molecule has 33 heavy (non-hydrogen) atoms. The summed E-state index contributed by atoms with van der Waals surface area (Å²) >= 11 is 0. The molecule has 1 fully saturated rings. The van der Waals surface area contributed by atoms with Gasteiger partial charge in [0.2, 0.25) is 11.8 Å². The zero-order valence-corrected chi connectivity index (χ0v) is 19.4. The minimum Gasteiger partial charge on any atom is -0.439 e. The largest absolute Gasteiger partial charge is 0.439 e. The van der Waals surface area contributed by atoms with Gasteiger partial charge in [0.1, 0.15) is 11.6 Å². The molecule has 0 aliphatic carbocycles. The molecule has 1 aliphatic rings. The van der Waals surface area contributed by atoms with Crippen molar-refractivity contribution in [1.82, 2.24) is 14.7 Å². The van der Waals surface area contributed by atoms with Gasteiger partial charge in [0.25, 0.3) is 0 Å². The van der Waals surface area contributed by atoms with E-state index in [2.05, 4.69) is 0 Å². The second-order valence-corrected chi connectivity index (χ2v) is 8.43. The van der Waals surface area contributed by atoms with Crippen molar-refractivity contribution < 1.29 is 18.7 Å². The molecule has 1 aliphatic heterocycles. The summed E-state index contributed by atoms with van der Waals surface area (Å²) in [5.41, 5.74) is 3.44. The van der Waals surface area contributed by atoms with Crippen LogP contribution in [-0.4, -0.2) is 39.8 Å². The highest BCUT2D eigenvalue weighted by atomic mass is 19.1. The van der Waals surface area contributed by atoms with E-state index in [0.717, 1.165) is 36.3 Å². The number of benzene rings is 2. The molecule has 0 radical (unpaired) electrons. The molecule has 0 N–H and O–H groups in total. The first-order valence-electron chi connectivity index (χ1n) is 11.4. The molecule has 0 saturated carbocycles. The summed E-state index contributed by atoms with van der Waals surface area (Å²) in [6, 6.07) is 13.9. The molecule has 1 aromatic heterocycles. The fourth-order valence-corrected chi connectivity index (χ4v) is 4.10. The number of carbonyl (C=O) groups is 1. The van der Waals surface area contributed by atoms with Crippen LogP contribution in [-0.2, 0) is 22.5 Å². The van der Waals surface area contributed by atoms with Gasteiger partial charge in [0.05, 0.1) is 29.6 Å². The number of ether oxygens (including phenoxy) is 2. The van der Waals surface area contributed by atoms with Gasteiger partial charge in [-0.05, 0) is 68.1 Å². The third-order valence-electron chi connectivity index (χ3n) is 5.87. The van der Waals surface area contributed by atoms with E-state index in [0.29, 0.717) is 36.8 Å². The quantitative estimate of drug-likeness (QED) is 0.472. The van der Waals surface area contributed by atoms with Crippen LogP contribution in [0.1, 0.15) is 43.5 Å². The summed E-state index contributed by atoms with van der Waals surface area (Å²) in [6.07, 6.45) is 2.68. The molecule has 7 heteroatoms. The molecule has 1 saturated heterocycles. The first-order valence-corrected chi connectivity index (χ1v) is 11.4. The van der Waals surface area contributed by atoms with Gasteiger partial charge >= 0.3 is 0 Å². The van der Waals surface area contributed by atoms with Gasteiger partial charge in [-0.1, -0.05) is 19.1 Å². The number of carbonyl (C=O) groups excluding carboxylic acids is 1. The van der Waals surface area contributed by atoms with Crippen molar-refractivity contribution in [3.05, 3.63) is 71.2 Å². The lowest BCUT2D eigenvalue weighted by Gasteiger charge is -2.24. The van der Waals surface area contributed by atoms with Crippen LogP contribution in [0.2, 0.25) is 0 Å². The van der Waals surface area contributed by atoms with Crippen LogP contribution in [0.3, 0.4) is 0 Å². The van der Waals surface area contributed by atoms with E-state index in [4.69, 9.17) is 14.6 Å². The lowest BCUT2D eigenvalue weighted by molar-refractivity contribution is -0.131. The van der Waals surface area contributed by atoms with E-state index in [1.165, 1.54) is 12.1 Å². The van der Waals surface area contributed by atoms with Gasteiger partial charge < -0.3 is 14.4 Å². The Kier molecular flexibility index (Phi) is 7.08. The Balaban J connectivity index is 1.76. The molecule has 2 heterocycles. The van der Waals surface area contributed by atoms with Gasteiger partial charge in [-0.15, -0.1) is 0 Å². The van der Waals surface area contributed by atoms with Crippen LogP contribution in [0.25, 0.3) is 5.69 Å². The molecule has 0 spiro atoms. The van der Waals surface area contributed by atoms with Crippen molar-refractivity contribution in [2.24, 2.45) is 0 Å². The van der Waals surface area contributed by atoms with Crippen LogP contribution in [0, 0.1) is 12.7 Å². The number of hydrogen-bond acceptors (Lipinski definition) is 4. The van der Waals surface area contributed by atoms with Gasteiger partial charge in [0.15, 0.2) is 0 Å². The first-order chi connectivity index (χ1) is 15.9. The van der Waals surface area contributed by atoms with Crippen molar-refractivity contribution in [3.63, 3.8) is 0 Å². The van der Waals surface area contributed by atoms with Crippen molar-refractivity contribution in [2.45, 2.75) is 52.7 Å². The monoisotopic (exact) mass is 451 g/mol. The summed E-state index contributed by atoms with van der Waals surface area (Å²) in [5.74, 6) is 0.865. The molecule has 0 bridgehead atoms. The highest BCUT2D eigenvalue weighted by molar-refractivity contribution is 5.73. The number of amides is 1. The predicted molar refractivity (Wildman–Crippen MR) is 124 cm³/mol. The SMILES string of the molecule is CCc1nn(-c2ccc(F)cc2)c(Oc2cccc(C)c2)c1CN(C[C@H]1CCCO1)C(C)=O. The third kappa shape index (κ3) is 5.42. The van der Waals surface area contributed by atoms with E-state index in [1.54, 1.807) is 28.6 Å². The highest BCUT2D eigenvalue weighted by Crippen LogP contribution is 2.33. The number of aryl methyl sites for hydroxylation is 2. The standard InChI is InChI=1S/C26H30FN3O3/c1-4-25-24(17-29(19(3)31)16-23-9-6-14-32-23)26(33-22-8-5-7-18(2)15-22)30(28-25)21-12-10-20(27)11-13-21/h5,7-8,10-13,15,23H,4,6,9,14,16-17H2,1-3H3/t23-/m1/s1. The Bertz CT molecular complexity index is 1100. The summed E-state index contributed by atoms with van der Waals surface area (Å²) in [5, 5.41) is 4.79. The number of rotatable bonds is 8. The molecule has 4 rings (SSSR count). The van der Waals surface area contributed by atoms with Crippen molar-refractivity contribution >= 4 is 5.91 Å². The second kappa shape index (κ2) is 10.2. The zero-order valence-electron chi connectivity index (χ0n) is 19.4. The van der Waals surface area contributed by atoms with Crippen molar-refractivity contribution in [2.75, 3.05) is 13.2 Å². The molecular weight excluding hydrogens is 421 g/mol. The zero-order chi connectivity index (χ0) is 23.4. The molecule has 2 aromatic carbocycles. The average molecular weight is 452 g/mol. The number of nitrogens with zero attached hydrogens (tertiary/aromatic N) is 3. The van der Waals surface area contributed by atoms with Crippen LogP contribution >= 0.6 is 0 Å². The van der Waals surface area contributed by atoms with Gasteiger partial charge in [0, 0.05) is 20.1 Å². The Morgan fingerprint density at radius 1 is 1.27 bits per heavy atom. The summed E-state index contributed by atoms with van der Waals surface area (Å²) in [6.45, 7) is 7.23. The molecule has 1 amide bonds. The summed E-state index contributed by atoms with van der Waals surface area (Å²) in [7, 11) is 0. The van der Waals surface area contributed by atoms with E-state index < -0.39 is 0 Å². The smallest absolute Gasteiger partial charge is 0.227 e. The van der Waals surface area contributed by atoms with E-state index in [-0.39, 0.29) is 17.8 Å². The summed E-state index contributed by atoms with van der Waals surface area (Å²) < 4.78 is 27.4. The minimum atomic E-state index is -0.317. The van der Waals surface area contributed by atoms with Crippen molar-refractivity contribution in [3.8, 4) is 17.3 Å². The fourth-order valence-electron chi connectivity index (χ4n) is 4.10. The van der Waals surface area contributed by atoms with Gasteiger partial charge in [-0.2, -0.15) is 5.10 Å². The maximum Gasteiger partial charge on any atom is 0.227 e. The van der Waals surface area contributed by atoms with Gasteiger partial charge in [-0.25, -0.2) is 9.07 Å². The molecule has 3 aromatic rings. The maximum absolute atomic E-state index is 13.6. The normalized spacial score (nSPS) is 15.6. The average Bonchev–Trinajstić information content (AvgIpc) is 3.42. The maximum atomic E-state index is 13.6. The molecule has 0 unspecified atom stereocenters. The van der Waals surface area contributed by atoms with Crippen molar-refractivity contribution in [1.29, 1.82) is 0 Å². The minimum absolute atomic E-state index is 0.0245.